The Morgan fingerprint density at radius 2 is 2.00 bits per heavy atom. The molecule has 1 atom stereocenters. The van der Waals surface area contributed by atoms with E-state index in [0.29, 0.717) is 29.3 Å². The summed E-state index contributed by atoms with van der Waals surface area (Å²) in [6, 6.07) is 4.61. The van der Waals surface area contributed by atoms with Crippen LogP contribution in [0.3, 0.4) is 0 Å². The van der Waals surface area contributed by atoms with Gasteiger partial charge >= 0.3 is 0 Å². The molecule has 1 rings (SSSR count). The number of aliphatic hydroxyl groups excluding tert-OH is 1. The normalized spacial score (nSPS) is 13.1. The predicted molar refractivity (Wildman–Crippen MR) is 69.8 cm³/mol. The SMILES string of the molecule is CC(C)CCCC(O)Cc1c(F)cccc1Cl. The van der Waals surface area contributed by atoms with Crippen LogP contribution < -0.4 is 0 Å². The van der Waals surface area contributed by atoms with Crippen molar-refractivity contribution in [2.75, 3.05) is 0 Å². The smallest absolute Gasteiger partial charge is 0.127 e. The number of rotatable bonds is 6. The van der Waals surface area contributed by atoms with Gasteiger partial charge in [-0.1, -0.05) is 44.4 Å². The number of halogens is 2. The molecule has 0 heterocycles. The average Bonchev–Trinajstić information content (AvgIpc) is 2.23. The van der Waals surface area contributed by atoms with Crippen LogP contribution in [0.5, 0.6) is 0 Å². The minimum atomic E-state index is -0.511. The highest BCUT2D eigenvalue weighted by molar-refractivity contribution is 6.31. The highest BCUT2D eigenvalue weighted by Crippen LogP contribution is 2.22. The van der Waals surface area contributed by atoms with Crippen LogP contribution in [0.25, 0.3) is 0 Å². The van der Waals surface area contributed by atoms with Gasteiger partial charge in [-0.2, -0.15) is 0 Å². The van der Waals surface area contributed by atoms with E-state index in [1.165, 1.54) is 6.07 Å². The van der Waals surface area contributed by atoms with Crippen molar-refractivity contribution in [3.8, 4) is 0 Å². The highest BCUT2D eigenvalue weighted by atomic mass is 35.5. The topological polar surface area (TPSA) is 20.2 Å². The molecule has 0 saturated heterocycles. The van der Waals surface area contributed by atoms with E-state index in [2.05, 4.69) is 13.8 Å². The van der Waals surface area contributed by atoms with E-state index in [-0.39, 0.29) is 5.82 Å². The zero-order valence-corrected chi connectivity index (χ0v) is 11.2. The van der Waals surface area contributed by atoms with Crippen molar-refractivity contribution in [3.63, 3.8) is 0 Å². The third-order valence-corrected chi connectivity index (χ3v) is 3.17. The molecule has 0 aliphatic heterocycles. The molecule has 0 saturated carbocycles. The summed E-state index contributed by atoms with van der Waals surface area (Å²) >= 11 is 5.91. The average molecular weight is 259 g/mol. The fraction of sp³-hybridized carbons (Fsp3) is 0.571. The van der Waals surface area contributed by atoms with E-state index < -0.39 is 6.10 Å². The zero-order valence-electron chi connectivity index (χ0n) is 10.4. The summed E-state index contributed by atoms with van der Waals surface area (Å²) < 4.78 is 13.5. The second-order valence-electron chi connectivity index (χ2n) is 4.88. The summed E-state index contributed by atoms with van der Waals surface area (Å²) in [6.45, 7) is 4.31. The van der Waals surface area contributed by atoms with Crippen molar-refractivity contribution in [1.82, 2.24) is 0 Å². The maximum absolute atomic E-state index is 13.5. The zero-order chi connectivity index (χ0) is 12.8. The fourth-order valence-electron chi connectivity index (χ4n) is 1.83. The first kappa shape index (κ1) is 14.5. The van der Waals surface area contributed by atoms with Gasteiger partial charge in [-0.05, 0) is 24.5 Å². The second kappa shape index (κ2) is 6.97. The van der Waals surface area contributed by atoms with Crippen LogP contribution in [-0.2, 0) is 6.42 Å². The van der Waals surface area contributed by atoms with Crippen LogP contribution in [0.15, 0.2) is 18.2 Å². The molecule has 0 aliphatic rings. The first-order valence-electron chi connectivity index (χ1n) is 6.11. The van der Waals surface area contributed by atoms with Gasteiger partial charge in [0.1, 0.15) is 5.82 Å². The molecular formula is C14H20ClFO. The molecule has 0 spiro atoms. The maximum atomic E-state index is 13.5. The molecule has 1 N–H and O–H groups in total. The summed E-state index contributed by atoms with van der Waals surface area (Å²) in [5.41, 5.74) is 0.422. The molecule has 1 aromatic rings. The van der Waals surface area contributed by atoms with E-state index in [1.54, 1.807) is 12.1 Å². The molecule has 0 aliphatic carbocycles. The number of aliphatic hydroxyl groups is 1. The molecule has 0 aromatic heterocycles. The van der Waals surface area contributed by atoms with Gasteiger partial charge in [0.2, 0.25) is 0 Å². The lowest BCUT2D eigenvalue weighted by Gasteiger charge is -2.13. The van der Waals surface area contributed by atoms with Crippen molar-refractivity contribution in [2.45, 2.75) is 45.6 Å². The van der Waals surface area contributed by atoms with Gasteiger partial charge in [0, 0.05) is 17.0 Å². The van der Waals surface area contributed by atoms with Crippen LogP contribution >= 0.6 is 11.6 Å². The lowest BCUT2D eigenvalue weighted by Crippen LogP contribution is -2.12. The van der Waals surface area contributed by atoms with Gasteiger partial charge in [0.05, 0.1) is 6.10 Å². The van der Waals surface area contributed by atoms with Crippen LogP contribution in [0.2, 0.25) is 5.02 Å². The standard InChI is InChI=1S/C14H20ClFO/c1-10(2)5-3-6-11(17)9-12-13(15)7-4-8-14(12)16/h4,7-8,10-11,17H,3,5-6,9H2,1-2H3. The van der Waals surface area contributed by atoms with Crippen molar-refractivity contribution in [1.29, 1.82) is 0 Å². The van der Waals surface area contributed by atoms with E-state index in [9.17, 15) is 9.50 Å². The lowest BCUT2D eigenvalue weighted by molar-refractivity contribution is 0.158. The minimum absolute atomic E-state index is 0.295. The summed E-state index contributed by atoms with van der Waals surface area (Å²) in [6.07, 6.45) is 2.53. The minimum Gasteiger partial charge on any atom is -0.393 e. The first-order valence-corrected chi connectivity index (χ1v) is 6.49. The van der Waals surface area contributed by atoms with Crippen LogP contribution in [0.1, 0.15) is 38.7 Å². The van der Waals surface area contributed by atoms with E-state index in [1.807, 2.05) is 0 Å². The molecule has 3 heteroatoms. The summed E-state index contributed by atoms with van der Waals surface area (Å²) in [7, 11) is 0. The Morgan fingerprint density at radius 1 is 1.29 bits per heavy atom. The maximum Gasteiger partial charge on any atom is 0.127 e. The van der Waals surface area contributed by atoms with Gasteiger partial charge in [-0.15, -0.1) is 0 Å². The van der Waals surface area contributed by atoms with Crippen molar-refractivity contribution >= 4 is 11.6 Å². The first-order chi connectivity index (χ1) is 8.00. The molecule has 96 valence electrons. The van der Waals surface area contributed by atoms with Gasteiger partial charge in [0.15, 0.2) is 0 Å². The Labute approximate surface area is 108 Å². The van der Waals surface area contributed by atoms with E-state index >= 15 is 0 Å². The van der Waals surface area contributed by atoms with Crippen molar-refractivity contribution in [3.05, 3.63) is 34.6 Å². The molecule has 1 unspecified atom stereocenters. The Hall–Kier alpha value is -0.600. The number of benzene rings is 1. The third kappa shape index (κ3) is 5.05. The third-order valence-electron chi connectivity index (χ3n) is 2.82. The Kier molecular flexibility index (Phi) is 5.93. The summed E-state index contributed by atoms with van der Waals surface area (Å²) in [5.74, 6) is 0.305. The van der Waals surface area contributed by atoms with Gasteiger partial charge in [-0.3, -0.25) is 0 Å². The van der Waals surface area contributed by atoms with Crippen LogP contribution in [0, 0.1) is 11.7 Å². The molecule has 1 aromatic carbocycles. The van der Waals surface area contributed by atoms with Gasteiger partial charge < -0.3 is 5.11 Å². The molecule has 0 radical (unpaired) electrons. The Bertz CT molecular complexity index is 332. The Morgan fingerprint density at radius 3 is 2.59 bits per heavy atom. The van der Waals surface area contributed by atoms with Gasteiger partial charge in [-0.25, -0.2) is 4.39 Å². The number of hydrogen-bond donors (Lipinski definition) is 1. The second-order valence-corrected chi connectivity index (χ2v) is 5.29. The molecular weight excluding hydrogens is 239 g/mol. The lowest BCUT2D eigenvalue weighted by atomic mass is 10.00. The Balaban J connectivity index is 2.47. The highest BCUT2D eigenvalue weighted by Gasteiger charge is 2.12. The molecule has 0 bridgehead atoms. The monoisotopic (exact) mass is 258 g/mol. The predicted octanol–water partition coefficient (Wildman–Crippen LogP) is 4.21. The van der Waals surface area contributed by atoms with E-state index in [0.717, 1.165) is 12.8 Å². The molecule has 17 heavy (non-hydrogen) atoms. The molecule has 0 fully saturated rings. The van der Waals surface area contributed by atoms with Gasteiger partial charge in [0.25, 0.3) is 0 Å². The van der Waals surface area contributed by atoms with Crippen LogP contribution in [0.4, 0.5) is 4.39 Å². The van der Waals surface area contributed by atoms with Crippen LogP contribution in [-0.4, -0.2) is 11.2 Å². The number of hydrogen-bond acceptors (Lipinski definition) is 1. The van der Waals surface area contributed by atoms with Crippen molar-refractivity contribution < 1.29 is 9.50 Å². The van der Waals surface area contributed by atoms with E-state index in [4.69, 9.17) is 11.6 Å². The fourth-order valence-corrected chi connectivity index (χ4v) is 2.07. The largest absolute Gasteiger partial charge is 0.393 e. The molecule has 1 nitrogen and oxygen atoms in total. The summed E-state index contributed by atoms with van der Waals surface area (Å²) in [4.78, 5) is 0. The van der Waals surface area contributed by atoms with Crippen molar-refractivity contribution in [2.24, 2.45) is 5.92 Å². The quantitative estimate of drug-likeness (QED) is 0.810. The summed E-state index contributed by atoms with van der Waals surface area (Å²) in [5, 5.41) is 10.2. The molecule has 0 amide bonds.